The van der Waals surface area contributed by atoms with Crippen LogP contribution in [0.4, 0.5) is 0 Å². The number of aromatic amines is 1. The van der Waals surface area contributed by atoms with Gasteiger partial charge in [0, 0.05) is 36.8 Å². The van der Waals surface area contributed by atoms with Crippen LogP contribution in [0.2, 0.25) is 0 Å². The maximum atomic E-state index is 13.8. The highest BCUT2D eigenvalue weighted by Crippen LogP contribution is 2.44. The van der Waals surface area contributed by atoms with Crippen molar-refractivity contribution in [2.24, 2.45) is 0 Å². The predicted octanol–water partition coefficient (Wildman–Crippen LogP) is 2.21. The maximum absolute atomic E-state index is 13.8. The zero-order valence-corrected chi connectivity index (χ0v) is 14.6. The van der Waals surface area contributed by atoms with Gasteiger partial charge in [-0.25, -0.2) is 0 Å². The van der Waals surface area contributed by atoms with E-state index >= 15 is 0 Å². The standard InChI is InChI=1S/C22H19N3O4/c1-24-10-19(26)25-16(22(24)27)9-14-13-4-2-3-5-15(13)23-20(14)21(25)12-6-7-17-18(8-12)29-11-28-17/h2-8,16,21,23H,9-11H2,1H3/t16-,21?/m1/s1/i1D3,9D2,10D2,11D2,16D. The molecular formula is C22H19N3O4. The Bertz CT molecular complexity index is 1590. The highest BCUT2D eigenvalue weighted by atomic mass is 16.7. The first kappa shape index (κ1) is 9.35. The molecule has 146 valence electrons. The second-order valence-electron chi connectivity index (χ2n) is 6.76. The molecule has 3 aromatic rings. The minimum atomic E-state index is -3.51. The molecule has 1 N–H and O–H groups in total. The fourth-order valence-electron chi connectivity index (χ4n) is 3.91. The largest absolute Gasteiger partial charge is 0.454 e. The molecule has 3 aliphatic heterocycles. The first-order chi connectivity index (χ1) is 17.9. The Hall–Kier alpha value is -3.48. The SMILES string of the molecule is [2H]C1([2H])Oc2ccc(C3c4[nH]c5ccccc5c4C([2H])([2H])[C@]4([2H])C(=O)N(C([2H])([2H])[2H])C([2H])([2H])C(=O)N34)cc2O1. The van der Waals surface area contributed by atoms with Crippen LogP contribution >= 0.6 is 0 Å². The number of piperazine rings is 1. The topological polar surface area (TPSA) is 74.9 Å². The number of fused-ring (bicyclic) bond motifs is 5. The number of amides is 2. The van der Waals surface area contributed by atoms with Gasteiger partial charge in [0.05, 0.1) is 16.7 Å². The van der Waals surface area contributed by atoms with Gasteiger partial charge in [-0.2, -0.15) is 0 Å². The number of para-hydroxylation sites is 1. The number of ether oxygens (including phenoxy) is 2. The first-order valence-electron chi connectivity index (χ1n) is 13.7. The number of nitrogens with zero attached hydrogens (tertiary/aromatic N) is 2. The first-order valence-corrected chi connectivity index (χ1v) is 8.74. The van der Waals surface area contributed by atoms with Gasteiger partial charge in [0.25, 0.3) is 0 Å². The summed E-state index contributed by atoms with van der Waals surface area (Å²) in [4.78, 5) is 30.8. The lowest BCUT2D eigenvalue weighted by Crippen LogP contribution is -2.62. The second-order valence-corrected chi connectivity index (χ2v) is 6.76. The van der Waals surface area contributed by atoms with Crippen molar-refractivity contribution in [3.63, 3.8) is 0 Å². The van der Waals surface area contributed by atoms with Crippen molar-refractivity contribution >= 4 is 22.7 Å². The van der Waals surface area contributed by atoms with E-state index in [1.807, 2.05) is 0 Å². The summed E-state index contributed by atoms with van der Waals surface area (Å²) in [5.41, 5.74) is 0.364. The number of nitrogens with one attached hydrogen (secondary N) is 1. The van der Waals surface area contributed by atoms with Crippen molar-refractivity contribution in [3.8, 4) is 11.5 Å². The summed E-state index contributed by atoms with van der Waals surface area (Å²) in [6.45, 7) is -9.46. The molecule has 1 saturated heterocycles. The third-order valence-corrected chi connectivity index (χ3v) is 5.17. The molecule has 0 aliphatic carbocycles. The molecule has 0 bridgehead atoms. The quantitative estimate of drug-likeness (QED) is 0.681. The molecule has 7 heteroatoms. The summed E-state index contributed by atoms with van der Waals surface area (Å²) in [5, 5.41) is 0.278. The predicted molar refractivity (Wildman–Crippen MR) is 105 cm³/mol. The van der Waals surface area contributed by atoms with E-state index in [1.165, 1.54) is 18.2 Å². The van der Waals surface area contributed by atoms with Gasteiger partial charge < -0.3 is 24.3 Å². The number of likely N-dealkylation sites (N-methyl/N-ethyl adjacent to an activating group) is 1. The van der Waals surface area contributed by atoms with Crippen molar-refractivity contribution < 1.29 is 32.8 Å². The third-order valence-electron chi connectivity index (χ3n) is 5.17. The van der Waals surface area contributed by atoms with Gasteiger partial charge in [-0.05, 0) is 29.3 Å². The highest BCUT2D eigenvalue weighted by molar-refractivity contribution is 5.97. The summed E-state index contributed by atoms with van der Waals surface area (Å²) in [6, 6.07) is 5.66. The van der Waals surface area contributed by atoms with Crippen LogP contribution in [-0.2, 0) is 16.0 Å². The van der Waals surface area contributed by atoms with Crippen LogP contribution < -0.4 is 9.47 Å². The van der Waals surface area contributed by atoms with Crippen molar-refractivity contribution in [1.82, 2.24) is 14.8 Å². The summed E-state index contributed by atoms with van der Waals surface area (Å²) in [7, 11) is 0. The van der Waals surface area contributed by atoms with Crippen LogP contribution in [0.15, 0.2) is 42.5 Å². The Kier molecular flexibility index (Phi) is 1.86. The lowest BCUT2D eigenvalue weighted by molar-refractivity contribution is -0.157. The Balaban J connectivity index is 1.68. The Morgan fingerprint density at radius 3 is 2.97 bits per heavy atom. The number of carbonyl (C=O) groups excluding carboxylic acids is 2. The fourth-order valence-corrected chi connectivity index (χ4v) is 3.91. The van der Waals surface area contributed by atoms with Crippen molar-refractivity contribution in [2.45, 2.75) is 18.4 Å². The van der Waals surface area contributed by atoms with E-state index < -0.39 is 50.5 Å². The molecule has 7 nitrogen and oxygen atoms in total. The molecule has 1 aromatic heterocycles. The van der Waals surface area contributed by atoms with Crippen molar-refractivity contribution in [3.05, 3.63) is 59.3 Å². The number of hydrogen-bond donors (Lipinski definition) is 1. The second kappa shape index (κ2) is 5.76. The summed E-state index contributed by atoms with van der Waals surface area (Å²) in [6.07, 6.45) is -3.01. The molecule has 0 saturated carbocycles. The smallest absolute Gasteiger partial charge is 0.245 e. The zero-order chi connectivity index (χ0) is 28.5. The average Bonchev–Trinajstić information content (AvgIpc) is 3.34. The highest BCUT2D eigenvalue weighted by Gasteiger charge is 2.47. The molecule has 1 unspecified atom stereocenters. The van der Waals surface area contributed by atoms with E-state index in [-0.39, 0.29) is 38.6 Å². The molecule has 0 spiro atoms. The lowest BCUT2D eigenvalue weighted by atomic mass is 9.86. The minimum absolute atomic E-state index is 0.0221. The summed E-state index contributed by atoms with van der Waals surface area (Å²) >= 11 is 0. The van der Waals surface area contributed by atoms with Crippen LogP contribution in [0.1, 0.15) is 36.6 Å². The van der Waals surface area contributed by atoms with Crippen LogP contribution in [-0.4, -0.2) is 52.8 Å². The minimum Gasteiger partial charge on any atom is -0.454 e. The van der Waals surface area contributed by atoms with Crippen molar-refractivity contribution in [2.75, 3.05) is 20.2 Å². The molecule has 29 heavy (non-hydrogen) atoms. The fraction of sp³-hybridized carbons (Fsp3) is 0.273. The molecule has 1 fully saturated rings. The van der Waals surface area contributed by atoms with Crippen LogP contribution in [0.25, 0.3) is 10.9 Å². The third kappa shape index (κ3) is 2.24. The Morgan fingerprint density at radius 2 is 2.07 bits per heavy atom. The van der Waals surface area contributed by atoms with E-state index in [4.69, 9.17) is 21.8 Å². The molecule has 2 atom stereocenters. The van der Waals surface area contributed by atoms with E-state index in [0.29, 0.717) is 10.4 Å². The number of hydrogen-bond acceptors (Lipinski definition) is 4. The van der Waals surface area contributed by atoms with Gasteiger partial charge >= 0.3 is 0 Å². The van der Waals surface area contributed by atoms with E-state index in [9.17, 15) is 11.0 Å². The van der Waals surface area contributed by atoms with Crippen LogP contribution in [0.3, 0.4) is 0 Å². The molecule has 4 heterocycles. The van der Waals surface area contributed by atoms with Crippen molar-refractivity contribution in [1.29, 1.82) is 0 Å². The number of benzene rings is 2. The van der Waals surface area contributed by atoms with Gasteiger partial charge in [0.15, 0.2) is 11.5 Å². The molecule has 6 rings (SSSR count). The van der Waals surface area contributed by atoms with Gasteiger partial charge in [0.1, 0.15) is 8.76 Å². The molecule has 0 radical (unpaired) electrons. The Labute approximate surface area is 180 Å². The molecular weight excluding hydrogens is 370 g/mol. The average molecular weight is 399 g/mol. The molecule has 2 aromatic carbocycles. The van der Waals surface area contributed by atoms with Gasteiger partial charge in [-0.1, -0.05) is 24.3 Å². The van der Waals surface area contributed by atoms with E-state index in [2.05, 4.69) is 4.98 Å². The number of aromatic nitrogens is 1. The van der Waals surface area contributed by atoms with Gasteiger partial charge in [-0.3, -0.25) is 9.59 Å². The van der Waals surface area contributed by atoms with E-state index in [1.54, 1.807) is 24.3 Å². The number of H-pyrrole nitrogens is 1. The normalized spacial score (nSPS) is 36.1. The maximum Gasteiger partial charge on any atom is 0.245 e. The lowest BCUT2D eigenvalue weighted by Gasteiger charge is -2.46. The number of carbonyl (C=O) groups is 2. The zero-order valence-electron chi connectivity index (χ0n) is 24.6. The van der Waals surface area contributed by atoms with Gasteiger partial charge in [0.2, 0.25) is 18.6 Å². The van der Waals surface area contributed by atoms with E-state index in [0.717, 1.165) is 0 Å². The van der Waals surface area contributed by atoms with Gasteiger partial charge in [-0.15, -0.1) is 0 Å². The molecule has 3 aliphatic rings. The summed E-state index contributed by atoms with van der Waals surface area (Å²) < 4.78 is 92.9. The Morgan fingerprint density at radius 1 is 1.21 bits per heavy atom. The van der Waals surface area contributed by atoms with Crippen LogP contribution in [0.5, 0.6) is 11.5 Å². The monoisotopic (exact) mass is 399 g/mol. The summed E-state index contributed by atoms with van der Waals surface area (Å²) in [5.74, 6) is -3.43. The molecule has 2 amide bonds. The number of rotatable bonds is 1. The van der Waals surface area contributed by atoms with Crippen LogP contribution in [0, 0.1) is 0 Å².